The summed E-state index contributed by atoms with van der Waals surface area (Å²) in [5, 5.41) is 11.3. The van der Waals surface area contributed by atoms with Crippen molar-refractivity contribution in [3.8, 4) is 0 Å². The molecule has 0 bridgehead atoms. The highest BCUT2D eigenvalue weighted by Gasteiger charge is 2.55. The average molecular weight is 282 g/mol. The fourth-order valence-corrected chi connectivity index (χ4v) is 4.10. The van der Waals surface area contributed by atoms with E-state index in [0.717, 1.165) is 6.54 Å². The third-order valence-corrected chi connectivity index (χ3v) is 4.81. The molecule has 1 aliphatic carbocycles. The van der Waals surface area contributed by atoms with Crippen LogP contribution in [-0.4, -0.2) is 41.1 Å². The van der Waals surface area contributed by atoms with Crippen molar-refractivity contribution in [1.29, 1.82) is 0 Å². The number of hydrogen-bond donors (Lipinski definition) is 2. The second kappa shape index (κ2) is 6.02. The van der Waals surface area contributed by atoms with Gasteiger partial charge >= 0.3 is 12.0 Å². The molecule has 2 aliphatic rings. The van der Waals surface area contributed by atoms with E-state index in [0.29, 0.717) is 17.4 Å². The molecule has 2 rings (SSSR count). The summed E-state index contributed by atoms with van der Waals surface area (Å²) < 4.78 is 0. The Kier molecular flexibility index (Phi) is 4.55. The maximum absolute atomic E-state index is 12.2. The molecule has 5 nitrogen and oxygen atoms in total. The van der Waals surface area contributed by atoms with Crippen LogP contribution in [0.15, 0.2) is 0 Å². The molecule has 1 unspecified atom stereocenters. The zero-order valence-electron chi connectivity index (χ0n) is 12.5. The normalized spacial score (nSPS) is 24.6. The van der Waals surface area contributed by atoms with E-state index >= 15 is 0 Å². The van der Waals surface area contributed by atoms with Crippen molar-refractivity contribution in [3.63, 3.8) is 0 Å². The van der Waals surface area contributed by atoms with E-state index in [4.69, 9.17) is 5.11 Å². The van der Waals surface area contributed by atoms with Gasteiger partial charge in [0.2, 0.25) is 0 Å². The Hall–Kier alpha value is -1.26. The van der Waals surface area contributed by atoms with Crippen molar-refractivity contribution in [2.24, 2.45) is 11.3 Å². The minimum Gasteiger partial charge on any atom is -0.481 e. The lowest BCUT2D eigenvalue weighted by atomic mass is 9.60. The average Bonchev–Trinajstić information content (AvgIpc) is 2.36. The first-order valence-electron chi connectivity index (χ1n) is 7.72. The standard InChI is InChI=1S/C15H26N2O3/c1-11(2)13-15(7-4-3-5-8-15)10-17(13)14(20)16-9-6-12(18)19/h11,13H,3-10H2,1-2H3,(H,16,20)(H,18,19). The topological polar surface area (TPSA) is 69.6 Å². The molecule has 114 valence electrons. The van der Waals surface area contributed by atoms with Crippen LogP contribution in [0.2, 0.25) is 0 Å². The first-order valence-corrected chi connectivity index (χ1v) is 7.72. The van der Waals surface area contributed by atoms with Crippen LogP contribution in [0.3, 0.4) is 0 Å². The highest BCUT2D eigenvalue weighted by atomic mass is 16.4. The predicted octanol–water partition coefficient (Wildman–Crippen LogP) is 2.46. The second-order valence-electron chi connectivity index (χ2n) is 6.62. The van der Waals surface area contributed by atoms with Crippen molar-refractivity contribution in [3.05, 3.63) is 0 Å². The fraction of sp³-hybridized carbons (Fsp3) is 0.867. The molecule has 2 amide bonds. The Labute approximate surface area is 120 Å². The maximum atomic E-state index is 12.2. The summed E-state index contributed by atoms with van der Waals surface area (Å²) in [5.41, 5.74) is 0.330. The van der Waals surface area contributed by atoms with Gasteiger partial charge in [-0.1, -0.05) is 33.1 Å². The van der Waals surface area contributed by atoms with Crippen LogP contribution in [-0.2, 0) is 4.79 Å². The SMILES string of the molecule is CC(C)C1N(C(=O)NCCC(=O)O)CC12CCCCC2. The molecule has 1 spiro atoms. The number of likely N-dealkylation sites (tertiary alicyclic amines) is 1. The quantitative estimate of drug-likeness (QED) is 0.832. The van der Waals surface area contributed by atoms with Crippen LogP contribution >= 0.6 is 0 Å². The molecular weight excluding hydrogens is 256 g/mol. The molecule has 1 heterocycles. The number of urea groups is 1. The van der Waals surface area contributed by atoms with E-state index in [1.165, 1.54) is 32.1 Å². The van der Waals surface area contributed by atoms with Crippen LogP contribution in [0.1, 0.15) is 52.4 Å². The van der Waals surface area contributed by atoms with Gasteiger partial charge in [-0.05, 0) is 18.8 Å². The van der Waals surface area contributed by atoms with E-state index in [9.17, 15) is 9.59 Å². The van der Waals surface area contributed by atoms with E-state index in [-0.39, 0.29) is 19.0 Å². The lowest BCUT2D eigenvalue weighted by molar-refractivity contribution is -0.136. The molecule has 0 radical (unpaired) electrons. The summed E-state index contributed by atoms with van der Waals surface area (Å²) in [5.74, 6) is -0.426. The first kappa shape index (κ1) is 15.1. The van der Waals surface area contributed by atoms with Crippen molar-refractivity contribution >= 4 is 12.0 Å². The summed E-state index contributed by atoms with van der Waals surface area (Å²) in [4.78, 5) is 24.6. The Balaban J connectivity index is 1.92. The van der Waals surface area contributed by atoms with Gasteiger partial charge in [-0.2, -0.15) is 0 Å². The van der Waals surface area contributed by atoms with E-state index in [2.05, 4.69) is 19.2 Å². The maximum Gasteiger partial charge on any atom is 0.317 e. The van der Waals surface area contributed by atoms with Gasteiger partial charge in [0.05, 0.1) is 6.42 Å². The second-order valence-corrected chi connectivity index (χ2v) is 6.62. The summed E-state index contributed by atoms with van der Waals surface area (Å²) in [7, 11) is 0. The summed E-state index contributed by atoms with van der Waals surface area (Å²) in [6, 6.07) is 0.216. The van der Waals surface area contributed by atoms with Crippen molar-refractivity contribution in [2.75, 3.05) is 13.1 Å². The van der Waals surface area contributed by atoms with Gasteiger partial charge in [-0.15, -0.1) is 0 Å². The van der Waals surface area contributed by atoms with Crippen LogP contribution in [0.4, 0.5) is 4.79 Å². The number of nitrogens with one attached hydrogen (secondary N) is 1. The summed E-state index contributed by atoms with van der Waals surface area (Å²) >= 11 is 0. The molecule has 2 N–H and O–H groups in total. The van der Waals surface area contributed by atoms with Gasteiger partial charge in [-0.25, -0.2) is 4.79 Å². The number of amides is 2. The molecule has 1 atom stereocenters. The first-order chi connectivity index (χ1) is 9.46. The molecule has 2 fully saturated rings. The number of carbonyl (C=O) groups excluding carboxylic acids is 1. The fourth-order valence-electron chi connectivity index (χ4n) is 4.10. The minimum atomic E-state index is -0.877. The van der Waals surface area contributed by atoms with Gasteiger partial charge in [0.15, 0.2) is 0 Å². The molecule has 1 saturated heterocycles. The van der Waals surface area contributed by atoms with Crippen LogP contribution in [0.5, 0.6) is 0 Å². The van der Waals surface area contributed by atoms with Crippen molar-refractivity contribution in [2.45, 2.75) is 58.4 Å². The van der Waals surface area contributed by atoms with E-state index in [1.807, 2.05) is 4.90 Å². The predicted molar refractivity (Wildman–Crippen MR) is 76.5 cm³/mol. The number of carbonyl (C=O) groups is 2. The number of carboxylic acids is 1. The summed E-state index contributed by atoms with van der Waals surface area (Å²) in [6.07, 6.45) is 6.31. The Morgan fingerprint density at radius 1 is 1.30 bits per heavy atom. The van der Waals surface area contributed by atoms with Gasteiger partial charge in [0.1, 0.15) is 0 Å². The molecule has 0 aromatic carbocycles. The lowest BCUT2D eigenvalue weighted by Gasteiger charge is -2.61. The van der Waals surface area contributed by atoms with Crippen LogP contribution < -0.4 is 5.32 Å². The monoisotopic (exact) mass is 282 g/mol. The molecule has 0 aromatic rings. The largest absolute Gasteiger partial charge is 0.481 e. The Bertz CT molecular complexity index is 375. The van der Waals surface area contributed by atoms with Crippen LogP contribution in [0, 0.1) is 11.3 Å². The number of nitrogens with zero attached hydrogens (tertiary/aromatic N) is 1. The van der Waals surface area contributed by atoms with E-state index < -0.39 is 5.97 Å². The van der Waals surface area contributed by atoms with Gasteiger partial charge in [0, 0.05) is 24.5 Å². The van der Waals surface area contributed by atoms with E-state index in [1.54, 1.807) is 0 Å². The third kappa shape index (κ3) is 2.91. The molecule has 5 heteroatoms. The Morgan fingerprint density at radius 2 is 1.95 bits per heavy atom. The highest BCUT2D eigenvalue weighted by molar-refractivity contribution is 5.76. The molecule has 1 aliphatic heterocycles. The van der Waals surface area contributed by atoms with Gasteiger partial charge < -0.3 is 15.3 Å². The number of rotatable bonds is 4. The smallest absolute Gasteiger partial charge is 0.317 e. The summed E-state index contributed by atoms with van der Waals surface area (Å²) in [6.45, 7) is 5.41. The molecule has 1 saturated carbocycles. The zero-order chi connectivity index (χ0) is 14.8. The number of hydrogen-bond acceptors (Lipinski definition) is 2. The van der Waals surface area contributed by atoms with Crippen molar-refractivity contribution < 1.29 is 14.7 Å². The lowest BCUT2D eigenvalue weighted by Crippen LogP contribution is -2.70. The Morgan fingerprint density at radius 3 is 2.50 bits per heavy atom. The molecule has 20 heavy (non-hydrogen) atoms. The highest BCUT2D eigenvalue weighted by Crippen LogP contribution is 2.51. The van der Waals surface area contributed by atoms with Gasteiger partial charge in [0.25, 0.3) is 0 Å². The zero-order valence-corrected chi connectivity index (χ0v) is 12.5. The van der Waals surface area contributed by atoms with Crippen molar-refractivity contribution in [1.82, 2.24) is 10.2 Å². The minimum absolute atomic E-state index is 0.0168. The third-order valence-electron chi connectivity index (χ3n) is 4.81. The molecule has 0 aromatic heterocycles. The van der Waals surface area contributed by atoms with Crippen LogP contribution in [0.25, 0.3) is 0 Å². The van der Waals surface area contributed by atoms with Gasteiger partial charge in [-0.3, -0.25) is 4.79 Å². The number of aliphatic carboxylic acids is 1. The molecular formula is C15H26N2O3. The number of carboxylic acid groups (broad SMARTS) is 1.